The summed E-state index contributed by atoms with van der Waals surface area (Å²) in [6.07, 6.45) is 3.40. The molecule has 140 valence electrons. The highest BCUT2D eigenvalue weighted by Gasteiger charge is 2.12. The van der Waals surface area contributed by atoms with Crippen LogP contribution >= 0.6 is 0 Å². The molecule has 0 fully saturated rings. The van der Waals surface area contributed by atoms with Gasteiger partial charge in [-0.1, -0.05) is 18.2 Å². The predicted octanol–water partition coefficient (Wildman–Crippen LogP) is 3.50. The van der Waals surface area contributed by atoms with Crippen molar-refractivity contribution >= 4 is 16.9 Å². The van der Waals surface area contributed by atoms with Gasteiger partial charge in [0, 0.05) is 18.8 Å². The normalized spacial score (nSPS) is 10.8. The molecule has 1 amide bonds. The molecule has 2 aromatic carbocycles. The van der Waals surface area contributed by atoms with Gasteiger partial charge in [-0.25, -0.2) is 14.4 Å². The van der Waals surface area contributed by atoms with Gasteiger partial charge >= 0.3 is 0 Å². The Balaban J connectivity index is 1.46. The van der Waals surface area contributed by atoms with Crippen LogP contribution in [0.3, 0.4) is 0 Å². The first-order chi connectivity index (χ1) is 13.7. The van der Waals surface area contributed by atoms with Crippen molar-refractivity contribution in [1.82, 2.24) is 19.9 Å². The number of hydrogen-bond acceptors (Lipinski definition) is 4. The zero-order valence-electron chi connectivity index (χ0n) is 15.1. The highest BCUT2D eigenvalue weighted by atomic mass is 19.1. The third kappa shape index (κ3) is 3.42. The van der Waals surface area contributed by atoms with E-state index >= 15 is 0 Å². The van der Waals surface area contributed by atoms with E-state index in [1.54, 1.807) is 18.6 Å². The average molecular weight is 376 g/mol. The van der Waals surface area contributed by atoms with Gasteiger partial charge in [-0.05, 0) is 35.9 Å². The largest absolute Gasteiger partial charge is 0.497 e. The van der Waals surface area contributed by atoms with Crippen LogP contribution in [0, 0.1) is 5.82 Å². The Morgan fingerprint density at radius 2 is 2.00 bits per heavy atom. The standard InChI is InChI=1S/C21H17FN4O2/c1-28-15-7-8-16(17(22)10-15)21(27)24-12-14-6-9-20(23-11-14)26-13-25-18-4-2-3-5-19(18)26/h2-11,13H,12H2,1H3,(H,24,27). The lowest BCUT2D eigenvalue weighted by molar-refractivity contribution is 0.0947. The molecule has 0 bridgehead atoms. The van der Waals surface area contributed by atoms with Gasteiger partial charge in [0.25, 0.3) is 5.91 Å². The molecule has 0 atom stereocenters. The van der Waals surface area contributed by atoms with Crippen molar-refractivity contribution in [3.63, 3.8) is 0 Å². The number of imidazole rings is 1. The van der Waals surface area contributed by atoms with E-state index in [2.05, 4.69) is 15.3 Å². The van der Waals surface area contributed by atoms with E-state index < -0.39 is 11.7 Å². The molecule has 0 radical (unpaired) electrons. The van der Waals surface area contributed by atoms with E-state index in [0.717, 1.165) is 22.4 Å². The molecular weight excluding hydrogens is 359 g/mol. The van der Waals surface area contributed by atoms with Crippen LogP contribution in [0.25, 0.3) is 16.9 Å². The van der Waals surface area contributed by atoms with E-state index in [0.29, 0.717) is 5.75 Å². The number of amides is 1. The minimum absolute atomic E-state index is 0.0322. The third-order valence-corrected chi connectivity index (χ3v) is 4.38. The zero-order chi connectivity index (χ0) is 19.5. The van der Waals surface area contributed by atoms with Gasteiger partial charge < -0.3 is 10.1 Å². The molecule has 0 unspecified atom stereocenters. The lowest BCUT2D eigenvalue weighted by Crippen LogP contribution is -2.24. The number of para-hydroxylation sites is 2. The lowest BCUT2D eigenvalue weighted by Gasteiger charge is -2.08. The number of hydrogen-bond donors (Lipinski definition) is 1. The molecule has 1 N–H and O–H groups in total. The van der Waals surface area contributed by atoms with Gasteiger partial charge in [0.1, 0.15) is 23.7 Å². The number of fused-ring (bicyclic) bond motifs is 1. The Hall–Kier alpha value is -3.74. The number of ether oxygens (including phenoxy) is 1. The molecule has 0 saturated heterocycles. The van der Waals surface area contributed by atoms with Crippen molar-refractivity contribution in [2.75, 3.05) is 7.11 Å². The zero-order valence-corrected chi connectivity index (χ0v) is 15.1. The number of methoxy groups -OCH3 is 1. The number of halogens is 1. The Morgan fingerprint density at radius 3 is 2.75 bits per heavy atom. The van der Waals surface area contributed by atoms with Crippen LogP contribution in [0.15, 0.2) is 67.1 Å². The Kier molecular flexibility index (Phi) is 4.72. The first-order valence-corrected chi connectivity index (χ1v) is 8.65. The fraction of sp³-hybridized carbons (Fsp3) is 0.0952. The molecule has 4 aromatic rings. The average Bonchev–Trinajstić information content (AvgIpc) is 3.16. The number of aromatic nitrogens is 3. The van der Waals surface area contributed by atoms with Crippen LogP contribution < -0.4 is 10.1 Å². The highest BCUT2D eigenvalue weighted by Crippen LogP contribution is 2.18. The maximum absolute atomic E-state index is 14.0. The highest BCUT2D eigenvalue weighted by molar-refractivity contribution is 5.94. The van der Waals surface area contributed by atoms with Gasteiger partial charge in [0.05, 0.1) is 23.7 Å². The minimum Gasteiger partial charge on any atom is -0.497 e. The van der Waals surface area contributed by atoms with Crippen molar-refractivity contribution in [1.29, 1.82) is 0 Å². The summed E-state index contributed by atoms with van der Waals surface area (Å²) >= 11 is 0. The molecule has 28 heavy (non-hydrogen) atoms. The molecule has 0 aliphatic carbocycles. The van der Waals surface area contributed by atoms with Gasteiger partial charge in [-0.15, -0.1) is 0 Å². The Labute approximate surface area is 160 Å². The van der Waals surface area contributed by atoms with Crippen LogP contribution in [-0.4, -0.2) is 27.6 Å². The molecular formula is C21H17FN4O2. The summed E-state index contributed by atoms with van der Waals surface area (Å²) in [6.45, 7) is 0.238. The molecule has 0 aliphatic rings. The second kappa shape index (κ2) is 7.48. The number of carbonyl (C=O) groups is 1. The molecule has 0 saturated carbocycles. The SMILES string of the molecule is COc1ccc(C(=O)NCc2ccc(-n3cnc4ccccc43)nc2)c(F)c1. The molecule has 7 heteroatoms. The predicted molar refractivity (Wildman–Crippen MR) is 103 cm³/mol. The molecule has 0 aliphatic heterocycles. The van der Waals surface area contributed by atoms with Gasteiger partial charge in [0.2, 0.25) is 0 Å². The summed E-state index contributed by atoms with van der Waals surface area (Å²) in [5, 5.41) is 2.70. The lowest BCUT2D eigenvalue weighted by atomic mass is 10.2. The molecule has 2 heterocycles. The Morgan fingerprint density at radius 1 is 1.14 bits per heavy atom. The number of nitrogens with one attached hydrogen (secondary N) is 1. The van der Waals surface area contributed by atoms with Gasteiger partial charge in [-0.2, -0.15) is 0 Å². The second-order valence-electron chi connectivity index (χ2n) is 6.16. The number of carbonyl (C=O) groups excluding carboxylic acids is 1. The topological polar surface area (TPSA) is 69.0 Å². The summed E-state index contributed by atoms with van der Waals surface area (Å²) < 4.78 is 20.8. The van der Waals surface area contributed by atoms with E-state index in [4.69, 9.17) is 4.74 Å². The van der Waals surface area contributed by atoms with E-state index in [1.807, 2.05) is 41.0 Å². The number of benzene rings is 2. The van der Waals surface area contributed by atoms with Crippen molar-refractivity contribution < 1.29 is 13.9 Å². The van der Waals surface area contributed by atoms with Crippen molar-refractivity contribution in [2.24, 2.45) is 0 Å². The number of rotatable bonds is 5. The van der Waals surface area contributed by atoms with Crippen LogP contribution in [0.2, 0.25) is 0 Å². The van der Waals surface area contributed by atoms with Gasteiger partial charge in [-0.3, -0.25) is 9.36 Å². The Bertz CT molecular complexity index is 1140. The monoisotopic (exact) mass is 376 g/mol. The molecule has 2 aromatic heterocycles. The van der Waals surface area contributed by atoms with Crippen molar-refractivity contribution in [3.8, 4) is 11.6 Å². The van der Waals surface area contributed by atoms with E-state index in [9.17, 15) is 9.18 Å². The summed E-state index contributed by atoms with van der Waals surface area (Å²) in [4.78, 5) is 21.0. The van der Waals surface area contributed by atoms with Crippen LogP contribution in [-0.2, 0) is 6.54 Å². The van der Waals surface area contributed by atoms with E-state index in [-0.39, 0.29) is 12.1 Å². The minimum atomic E-state index is -0.627. The van der Waals surface area contributed by atoms with Crippen LogP contribution in [0.5, 0.6) is 5.75 Å². The smallest absolute Gasteiger partial charge is 0.254 e. The summed E-state index contributed by atoms with van der Waals surface area (Å²) in [5.74, 6) is -0.0343. The quantitative estimate of drug-likeness (QED) is 0.579. The molecule has 6 nitrogen and oxygen atoms in total. The van der Waals surface area contributed by atoms with Crippen molar-refractivity contribution in [3.05, 3.63) is 84.1 Å². The fourth-order valence-corrected chi connectivity index (χ4v) is 2.89. The first kappa shape index (κ1) is 17.7. The molecule has 0 spiro atoms. The number of nitrogens with zero attached hydrogens (tertiary/aromatic N) is 3. The third-order valence-electron chi connectivity index (χ3n) is 4.38. The first-order valence-electron chi connectivity index (χ1n) is 8.65. The number of pyridine rings is 1. The summed E-state index contributed by atoms with van der Waals surface area (Å²) in [6, 6.07) is 15.6. The maximum atomic E-state index is 14.0. The van der Waals surface area contributed by atoms with Crippen LogP contribution in [0.4, 0.5) is 4.39 Å². The maximum Gasteiger partial charge on any atom is 0.254 e. The summed E-state index contributed by atoms with van der Waals surface area (Å²) in [5.41, 5.74) is 2.62. The van der Waals surface area contributed by atoms with Crippen LogP contribution in [0.1, 0.15) is 15.9 Å². The molecule has 4 rings (SSSR count). The van der Waals surface area contributed by atoms with Gasteiger partial charge in [0.15, 0.2) is 0 Å². The second-order valence-corrected chi connectivity index (χ2v) is 6.16. The fourth-order valence-electron chi connectivity index (χ4n) is 2.89. The van der Waals surface area contributed by atoms with Crippen molar-refractivity contribution in [2.45, 2.75) is 6.54 Å². The summed E-state index contributed by atoms with van der Waals surface area (Å²) in [7, 11) is 1.44. The van der Waals surface area contributed by atoms with E-state index in [1.165, 1.54) is 19.2 Å².